The van der Waals surface area contributed by atoms with E-state index in [1.165, 1.54) is 0 Å². The summed E-state index contributed by atoms with van der Waals surface area (Å²) in [6, 6.07) is 12.0. The number of aromatic nitrogens is 2. The van der Waals surface area contributed by atoms with E-state index in [0.29, 0.717) is 21.4 Å². The number of carbonyl (C=O) groups is 2. The number of aryl methyl sites for hydroxylation is 1. The van der Waals surface area contributed by atoms with Gasteiger partial charge in [0.1, 0.15) is 5.82 Å². The Morgan fingerprint density at radius 1 is 1.13 bits per heavy atom. The molecule has 1 aliphatic heterocycles. The molecule has 4 rings (SSSR count). The van der Waals surface area contributed by atoms with Gasteiger partial charge in [0.25, 0.3) is 5.56 Å². The van der Waals surface area contributed by atoms with Crippen molar-refractivity contribution in [3.8, 4) is 0 Å². The van der Waals surface area contributed by atoms with Crippen molar-refractivity contribution in [1.29, 1.82) is 0 Å². The summed E-state index contributed by atoms with van der Waals surface area (Å²) >= 11 is 12.1. The average Bonchev–Trinajstić information content (AvgIpc) is 2.71. The molecule has 0 fully saturated rings. The molecule has 1 aliphatic rings. The van der Waals surface area contributed by atoms with Gasteiger partial charge in [0.05, 0.1) is 22.2 Å². The third-order valence-electron chi connectivity index (χ3n) is 4.76. The number of H-pyrrole nitrogens is 1. The minimum atomic E-state index is -1.01. The number of aromatic amines is 1. The maximum atomic E-state index is 12.9. The Labute approximate surface area is 187 Å². The molecule has 2 aromatic carbocycles. The number of anilines is 4. The molecule has 1 atom stereocenters. The van der Waals surface area contributed by atoms with Crippen molar-refractivity contribution in [2.75, 3.05) is 16.0 Å². The second kappa shape index (κ2) is 8.41. The zero-order valence-corrected chi connectivity index (χ0v) is 17.8. The molecule has 0 unspecified atom stereocenters. The normalized spacial score (nSPS) is 15.1. The van der Waals surface area contributed by atoms with Crippen molar-refractivity contribution in [1.82, 2.24) is 9.97 Å². The Morgan fingerprint density at radius 2 is 1.87 bits per heavy atom. The quantitative estimate of drug-likeness (QED) is 0.468. The highest BCUT2D eigenvalue weighted by molar-refractivity contribution is 6.33. The van der Waals surface area contributed by atoms with Crippen LogP contribution >= 0.6 is 23.2 Å². The fourth-order valence-electron chi connectivity index (χ4n) is 3.27. The van der Waals surface area contributed by atoms with Crippen LogP contribution in [0.5, 0.6) is 0 Å². The van der Waals surface area contributed by atoms with Crippen LogP contribution in [0.1, 0.15) is 23.5 Å². The molecule has 0 aliphatic carbocycles. The van der Waals surface area contributed by atoms with Crippen molar-refractivity contribution in [3.63, 3.8) is 0 Å². The summed E-state index contributed by atoms with van der Waals surface area (Å²) in [4.78, 5) is 44.8. The molecule has 2 heterocycles. The molecule has 0 saturated heterocycles. The van der Waals surface area contributed by atoms with E-state index in [1.807, 2.05) is 6.92 Å². The van der Waals surface area contributed by atoms with Crippen LogP contribution in [0.3, 0.4) is 0 Å². The highest BCUT2D eigenvalue weighted by Crippen LogP contribution is 2.31. The van der Waals surface area contributed by atoms with E-state index in [4.69, 9.17) is 23.2 Å². The van der Waals surface area contributed by atoms with Gasteiger partial charge in [-0.3, -0.25) is 19.4 Å². The first-order chi connectivity index (χ1) is 14.8. The van der Waals surface area contributed by atoms with E-state index in [-0.39, 0.29) is 23.8 Å². The topological polar surface area (TPSA) is 116 Å². The molecule has 2 amide bonds. The lowest BCUT2D eigenvalue weighted by Crippen LogP contribution is -2.36. The van der Waals surface area contributed by atoms with Gasteiger partial charge in [0.2, 0.25) is 17.8 Å². The molecular formula is C21H17Cl2N5O3. The number of halogens is 2. The fourth-order valence-corrected chi connectivity index (χ4v) is 3.67. The zero-order chi connectivity index (χ0) is 22.1. The number of fused-ring (bicyclic) bond motifs is 1. The van der Waals surface area contributed by atoms with Gasteiger partial charge in [-0.05, 0) is 48.9 Å². The van der Waals surface area contributed by atoms with E-state index < -0.39 is 23.3 Å². The molecule has 8 nitrogen and oxygen atoms in total. The molecule has 1 aromatic heterocycles. The lowest BCUT2D eigenvalue weighted by Gasteiger charge is -2.24. The number of hydrogen-bond acceptors (Lipinski definition) is 5. The van der Waals surface area contributed by atoms with Crippen molar-refractivity contribution in [2.45, 2.75) is 19.3 Å². The number of hydrogen-bond donors (Lipinski definition) is 4. The monoisotopic (exact) mass is 457 g/mol. The first kappa shape index (κ1) is 20.9. The van der Waals surface area contributed by atoms with Gasteiger partial charge in [-0.15, -0.1) is 0 Å². The van der Waals surface area contributed by atoms with Crippen molar-refractivity contribution in [2.24, 2.45) is 0 Å². The Hall–Kier alpha value is -3.36. The molecule has 10 heteroatoms. The van der Waals surface area contributed by atoms with Crippen LogP contribution in [-0.2, 0) is 9.59 Å². The van der Waals surface area contributed by atoms with Crippen LogP contribution in [0.2, 0.25) is 10.0 Å². The number of benzene rings is 2. The van der Waals surface area contributed by atoms with Gasteiger partial charge in [-0.2, -0.15) is 4.98 Å². The Balaban J connectivity index is 1.64. The van der Waals surface area contributed by atoms with Gasteiger partial charge in [-0.1, -0.05) is 29.3 Å². The van der Waals surface area contributed by atoms with Gasteiger partial charge in [0, 0.05) is 17.1 Å². The van der Waals surface area contributed by atoms with E-state index in [2.05, 4.69) is 25.9 Å². The summed E-state index contributed by atoms with van der Waals surface area (Å²) in [7, 11) is 0. The van der Waals surface area contributed by atoms with Crippen molar-refractivity contribution < 1.29 is 9.59 Å². The molecular weight excluding hydrogens is 441 g/mol. The maximum absolute atomic E-state index is 12.9. The molecule has 4 N–H and O–H groups in total. The molecule has 158 valence electrons. The average molecular weight is 458 g/mol. The van der Waals surface area contributed by atoms with E-state index in [9.17, 15) is 14.4 Å². The number of carbonyl (C=O) groups excluding carboxylic acids is 2. The van der Waals surface area contributed by atoms with E-state index in [0.717, 1.165) is 5.56 Å². The predicted octanol–water partition coefficient (Wildman–Crippen LogP) is 4.19. The van der Waals surface area contributed by atoms with Gasteiger partial charge >= 0.3 is 0 Å². The number of nitrogens with zero attached hydrogens (tertiary/aromatic N) is 1. The summed E-state index contributed by atoms with van der Waals surface area (Å²) in [5.41, 5.74) is 1.53. The van der Waals surface area contributed by atoms with Crippen LogP contribution in [0, 0.1) is 6.92 Å². The minimum Gasteiger partial charge on any atom is -0.326 e. The first-order valence-electron chi connectivity index (χ1n) is 9.34. The summed E-state index contributed by atoms with van der Waals surface area (Å²) in [5, 5.41) is 9.13. The highest BCUT2D eigenvalue weighted by Gasteiger charge is 2.35. The molecule has 0 spiro atoms. The summed E-state index contributed by atoms with van der Waals surface area (Å²) < 4.78 is 0. The maximum Gasteiger partial charge on any atom is 0.258 e. The Kier molecular flexibility index (Phi) is 5.67. The number of nitrogens with one attached hydrogen (secondary N) is 4. The van der Waals surface area contributed by atoms with Crippen LogP contribution in [0.15, 0.2) is 47.3 Å². The molecule has 3 aromatic rings. The first-order valence-corrected chi connectivity index (χ1v) is 10.1. The minimum absolute atomic E-state index is 0.0339. The number of amides is 2. The molecule has 0 radical (unpaired) electrons. The third-order valence-corrected chi connectivity index (χ3v) is 5.32. The largest absolute Gasteiger partial charge is 0.326 e. The predicted molar refractivity (Wildman–Crippen MR) is 120 cm³/mol. The third kappa shape index (κ3) is 4.55. The molecule has 31 heavy (non-hydrogen) atoms. The summed E-state index contributed by atoms with van der Waals surface area (Å²) in [6.07, 6.45) is -0.183. The smallest absolute Gasteiger partial charge is 0.258 e. The van der Waals surface area contributed by atoms with Crippen molar-refractivity contribution >= 4 is 58.2 Å². The molecule has 0 saturated carbocycles. The zero-order valence-electron chi connectivity index (χ0n) is 16.3. The lowest BCUT2D eigenvalue weighted by molar-refractivity contribution is -0.123. The highest BCUT2D eigenvalue weighted by atomic mass is 35.5. The van der Waals surface area contributed by atoms with Crippen LogP contribution < -0.4 is 21.5 Å². The van der Waals surface area contributed by atoms with Gasteiger partial charge < -0.3 is 16.0 Å². The number of rotatable bonds is 4. The second-order valence-corrected chi connectivity index (χ2v) is 7.93. The van der Waals surface area contributed by atoms with E-state index in [1.54, 1.807) is 42.5 Å². The summed E-state index contributed by atoms with van der Waals surface area (Å²) in [5.74, 6) is -1.80. The second-order valence-electron chi connectivity index (χ2n) is 7.09. The van der Waals surface area contributed by atoms with Gasteiger partial charge in [0.15, 0.2) is 0 Å². The van der Waals surface area contributed by atoms with E-state index >= 15 is 0 Å². The molecule has 0 bridgehead atoms. The SMILES string of the molecule is Cc1ccc(NC(=O)[C@@H]2CC(=O)Nc3nc(Nc4ccc(Cl)cc4)[nH]c(=O)c32)c(Cl)c1. The van der Waals surface area contributed by atoms with Crippen LogP contribution in [0.25, 0.3) is 0 Å². The summed E-state index contributed by atoms with van der Waals surface area (Å²) in [6.45, 7) is 1.88. The fraction of sp³-hybridized carbons (Fsp3) is 0.143. The Bertz CT molecular complexity index is 1240. The van der Waals surface area contributed by atoms with Crippen LogP contribution in [-0.4, -0.2) is 21.8 Å². The van der Waals surface area contributed by atoms with Gasteiger partial charge in [-0.25, -0.2) is 0 Å². The lowest BCUT2D eigenvalue weighted by atomic mass is 9.92. The van der Waals surface area contributed by atoms with Crippen molar-refractivity contribution in [3.05, 3.63) is 74.0 Å². The standard InChI is InChI=1S/C21H17Cl2N5O3/c1-10-2-7-15(14(23)8-10)25-19(30)13-9-16(29)26-18-17(13)20(31)28-21(27-18)24-12-5-3-11(22)4-6-12/h2-8,13H,9H2,1H3,(H,25,30)(H3,24,26,27,28,29,31)/t13-/m1/s1. The Morgan fingerprint density at radius 3 is 2.58 bits per heavy atom. The van der Waals surface area contributed by atoms with Crippen LogP contribution in [0.4, 0.5) is 23.1 Å².